The lowest BCUT2D eigenvalue weighted by Gasteiger charge is -2.26. The van der Waals surface area contributed by atoms with Crippen LogP contribution in [0.25, 0.3) is 0 Å². The molecule has 2 atom stereocenters. The van der Waals surface area contributed by atoms with Gasteiger partial charge in [-0.1, -0.05) is 53.7 Å². The largest absolute Gasteiger partial charge is 0.508 e. The van der Waals surface area contributed by atoms with Crippen molar-refractivity contribution in [2.75, 3.05) is 39.6 Å². The number of ether oxygens (including phenoxy) is 4. The van der Waals surface area contributed by atoms with E-state index in [-0.39, 0.29) is 60.7 Å². The van der Waals surface area contributed by atoms with Crippen LogP contribution in [0.4, 0.5) is 0 Å². The van der Waals surface area contributed by atoms with Crippen molar-refractivity contribution < 1.29 is 38.7 Å². The summed E-state index contributed by atoms with van der Waals surface area (Å²) in [7, 11) is 0. The van der Waals surface area contributed by atoms with Crippen LogP contribution in [0.3, 0.4) is 0 Å². The van der Waals surface area contributed by atoms with Crippen LogP contribution in [-0.4, -0.2) is 61.8 Å². The molecular weight excluding hydrogens is 536 g/mol. The molecule has 2 rings (SSSR count). The number of hydrogen-bond donors (Lipinski definition) is 2. The number of esters is 2. The van der Waals surface area contributed by atoms with Gasteiger partial charge in [0.25, 0.3) is 0 Å². The highest BCUT2D eigenvalue weighted by molar-refractivity contribution is 5.79. The molecule has 0 aliphatic carbocycles. The molecule has 0 heterocycles. The Hall–Kier alpha value is -3.10. The maximum absolute atomic E-state index is 12.7. The molecule has 2 aromatic rings. The first-order chi connectivity index (χ1) is 19.4. The van der Waals surface area contributed by atoms with Crippen molar-refractivity contribution in [1.29, 1.82) is 0 Å². The fourth-order valence-corrected chi connectivity index (χ4v) is 4.68. The van der Waals surface area contributed by atoms with E-state index >= 15 is 0 Å². The van der Waals surface area contributed by atoms with E-state index in [0.717, 1.165) is 22.3 Å². The summed E-state index contributed by atoms with van der Waals surface area (Å²) in [5.41, 5.74) is 4.47. The van der Waals surface area contributed by atoms with E-state index in [9.17, 15) is 19.8 Å². The number of aromatic hydroxyl groups is 2. The molecule has 0 bridgehead atoms. The first-order valence-electron chi connectivity index (χ1n) is 14.6. The van der Waals surface area contributed by atoms with Crippen LogP contribution in [0.1, 0.15) is 101 Å². The van der Waals surface area contributed by atoms with E-state index in [2.05, 4.69) is 0 Å². The van der Waals surface area contributed by atoms with E-state index in [1.807, 2.05) is 67.5 Å². The predicted molar refractivity (Wildman–Crippen MR) is 163 cm³/mol. The standard InChI is InChI=1S/C34H50O8/c1-21-17-25(27(19-29(21)35)33(5,6)7)23(3)31(37)41-15-13-39-11-12-40-14-16-42-32(38)24(4)26-18-22(2)30(36)20-28(26)34(8,9)10/h17-20,23-24,35-36H,11-16H2,1-10H3. The number of benzene rings is 2. The Morgan fingerprint density at radius 1 is 0.619 bits per heavy atom. The van der Waals surface area contributed by atoms with Gasteiger partial charge in [0, 0.05) is 0 Å². The van der Waals surface area contributed by atoms with Crippen molar-refractivity contribution >= 4 is 11.9 Å². The summed E-state index contributed by atoms with van der Waals surface area (Å²) in [6.07, 6.45) is 0. The molecule has 234 valence electrons. The van der Waals surface area contributed by atoms with Gasteiger partial charge in [-0.3, -0.25) is 9.59 Å². The number of hydrogen-bond acceptors (Lipinski definition) is 8. The van der Waals surface area contributed by atoms with E-state index in [4.69, 9.17) is 18.9 Å². The van der Waals surface area contributed by atoms with Gasteiger partial charge in [0.2, 0.25) is 0 Å². The zero-order valence-corrected chi connectivity index (χ0v) is 27.1. The Morgan fingerprint density at radius 2 is 0.929 bits per heavy atom. The van der Waals surface area contributed by atoms with Gasteiger partial charge in [0.05, 0.1) is 38.3 Å². The minimum Gasteiger partial charge on any atom is -0.508 e. The third-order valence-corrected chi connectivity index (χ3v) is 7.31. The maximum Gasteiger partial charge on any atom is 0.313 e. The molecule has 2 aromatic carbocycles. The summed E-state index contributed by atoms with van der Waals surface area (Å²) in [4.78, 5) is 25.4. The molecule has 8 heteroatoms. The van der Waals surface area contributed by atoms with Crippen LogP contribution in [0, 0.1) is 13.8 Å². The van der Waals surface area contributed by atoms with Crippen molar-refractivity contribution in [3.63, 3.8) is 0 Å². The molecule has 0 aliphatic heterocycles. The summed E-state index contributed by atoms with van der Waals surface area (Å²) >= 11 is 0. The smallest absolute Gasteiger partial charge is 0.313 e. The Kier molecular flexibility index (Phi) is 12.4. The number of phenols is 2. The molecule has 0 radical (unpaired) electrons. The Bertz CT molecular complexity index is 1120. The third-order valence-electron chi connectivity index (χ3n) is 7.31. The highest BCUT2D eigenvalue weighted by Crippen LogP contribution is 2.37. The number of carbonyl (C=O) groups is 2. The normalized spacial score (nSPS) is 13.5. The van der Waals surface area contributed by atoms with Gasteiger partial charge in [0.1, 0.15) is 24.7 Å². The molecule has 0 aliphatic rings. The van der Waals surface area contributed by atoms with Crippen molar-refractivity contribution in [3.8, 4) is 11.5 Å². The second-order valence-electron chi connectivity index (χ2n) is 13.0. The third kappa shape index (κ3) is 9.73. The fraction of sp³-hybridized carbons (Fsp3) is 0.588. The van der Waals surface area contributed by atoms with Gasteiger partial charge in [-0.2, -0.15) is 0 Å². The van der Waals surface area contributed by atoms with Crippen LogP contribution in [0.2, 0.25) is 0 Å². The molecule has 2 unspecified atom stereocenters. The molecule has 0 amide bonds. The SMILES string of the molecule is Cc1cc(C(C)C(=O)OCCOCCOCCOC(=O)C(C)c2cc(C)c(O)cc2C(C)(C)C)c(C(C)(C)C)cc1O. The van der Waals surface area contributed by atoms with Gasteiger partial charge in [-0.05, 0) is 84.0 Å². The quantitative estimate of drug-likeness (QED) is 0.207. The lowest BCUT2D eigenvalue weighted by Crippen LogP contribution is -2.22. The molecule has 0 aromatic heterocycles. The van der Waals surface area contributed by atoms with Crippen molar-refractivity contribution in [1.82, 2.24) is 0 Å². The summed E-state index contributed by atoms with van der Waals surface area (Å²) in [5.74, 6) is -1.23. The van der Waals surface area contributed by atoms with Crippen LogP contribution >= 0.6 is 0 Å². The highest BCUT2D eigenvalue weighted by Gasteiger charge is 2.28. The van der Waals surface area contributed by atoms with Gasteiger partial charge in [-0.25, -0.2) is 0 Å². The predicted octanol–water partition coefficient (Wildman–Crippen LogP) is 6.34. The molecular formula is C34H50O8. The van der Waals surface area contributed by atoms with Crippen molar-refractivity contribution in [2.45, 2.75) is 91.9 Å². The number of aryl methyl sites for hydroxylation is 2. The maximum atomic E-state index is 12.7. The fourth-order valence-electron chi connectivity index (χ4n) is 4.68. The second-order valence-corrected chi connectivity index (χ2v) is 13.0. The van der Waals surface area contributed by atoms with E-state index in [0.29, 0.717) is 24.3 Å². The topological polar surface area (TPSA) is 112 Å². The monoisotopic (exact) mass is 586 g/mol. The highest BCUT2D eigenvalue weighted by atomic mass is 16.6. The summed E-state index contributed by atoms with van der Waals surface area (Å²) in [6, 6.07) is 7.17. The van der Waals surface area contributed by atoms with Crippen molar-refractivity contribution in [3.05, 3.63) is 57.6 Å². The summed E-state index contributed by atoms with van der Waals surface area (Å²) in [5, 5.41) is 20.3. The van der Waals surface area contributed by atoms with Crippen LogP contribution < -0.4 is 0 Å². The van der Waals surface area contributed by atoms with E-state index in [1.54, 1.807) is 26.0 Å². The average Bonchev–Trinajstić information content (AvgIpc) is 2.89. The summed E-state index contributed by atoms with van der Waals surface area (Å²) in [6.45, 7) is 20.8. The Labute approximate surface area is 251 Å². The number of phenolic OH excluding ortho intramolecular Hbond substituents is 2. The summed E-state index contributed by atoms with van der Waals surface area (Å²) < 4.78 is 21.9. The first-order valence-corrected chi connectivity index (χ1v) is 14.6. The zero-order valence-electron chi connectivity index (χ0n) is 27.1. The number of rotatable bonds is 13. The molecule has 2 N–H and O–H groups in total. The molecule has 0 saturated carbocycles. The van der Waals surface area contributed by atoms with E-state index < -0.39 is 11.8 Å². The molecule has 0 spiro atoms. The molecule has 0 saturated heterocycles. The lowest BCUT2D eigenvalue weighted by atomic mass is 9.79. The van der Waals surface area contributed by atoms with Gasteiger partial charge in [0.15, 0.2) is 0 Å². The molecule has 8 nitrogen and oxygen atoms in total. The van der Waals surface area contributed by atoms with Crippen LogP contribution in [-0.2, 0) is 39.4 Å². The van der Waals surface area contributed by atoms with E-state index in [1.165, 1.54) is 0 Å². The minimum atomic E-state index is -0.481. The lowest BCUT2D eigenvalue weighted by molar-refractivity contribution is -0.148. The molecule has 0 fully saturated rings. The van der Waals surface area contributed by atoms with Gasteiger partial charge >= 0.3 is 11.9 Å². The minimum absolute atomic E-state index is 0.119. The van der Waals surface area contributed by atoms with Gasteiger partial charge < -0.3 is 29.2 Å². The zero-order chi connectivity index (χ0) is 31.8. The average molecular weight is 587 g/mol. The van der Waals surface area contributed by atoms with Crippen LogP contribution in [0.5, 0.6) is 11.5 Å². The Morgan fingerprint density at radius 3 is 1.24 bits per heavy atom. The first kappa shape index (κ1) is 35.1. The Balaban J connectivity index is 1.69. The van der Waals surface area contributed by atoms with Crippen LogP contribution in [0.15, 0.2) is 24.3 Å². The molecule has 42 heavy (non-hydrogen) atoms. The number of carbonyl (C=O) groups excluding carboxylic acids is 2. The van der Waals surface area contributed by atoms with Gasteiger partial charge in [-0.15, -0.1) is 0 Å². The second kappa shape index (κ2) is 14.9. The van der Waals surface area contributed by atoms with Crippen molar-refractivity contribution in [2.24, 2.45) is 0 Å².